The Hall–Kier alpha value is -1.84. The topological polar surface area (TPSA) is 66.4 Å². The number of amides is 1. The molecule has 3 rings (SSSR count). The molecule has 1 aromatic rings. The van der Waals surface area contributed by atoms with Crippen LogP contribution < -0.4 is 5.32 Å². The number of nitrogens with one attached hydrogen (secondary N) is 1. The highest BCUT2D eigenvalue weighted by molar-refractivity contribution is 5.79. The van der Waals surface area contributed by atoms with Gasteiger partial charge in [-0.05, 0) is 55.6 Å². The zero-order valence-electron chi connectivity index (χ0n) is 12.8. The van der Waals surface area contributed by atoms with Crippen molar-refractivity contribution in [2.75, 3.05) is 0 Å². The van der Waals surface area contributed by atoms with E-state index < -0.39 is 11.5 Å². The molecule has 2 N–H and O–H groups in total. The van der Waals surface area contributed by atoms with Crippen molar-refractivity contribution < 1.29 is 14.7 Å². The van der Waals surface area contributed by atoms with Crippen molar-refractivity contribution in [3.8, 4) is 0 Å². The molecule has 0 aliphatic heterocycles. The van der Waals surface area contributed by atoms with E-state index in [9.17, 15) is 9.59 Å². The Morgan fingerprint density at radius 3 is 2.59 bits per heavy atom. The van der Waals surface area contributed by atoms with E-state index >= 15 is 0 Å². The molecule has 22 heavy (non-hydrogen) atoms. The minimum atomic E-state index is -0.827. The second-order valence-electron chi connectivity index (χ2n) is 6.83. The SMILES string of the molecule is O=C(O)CC1(NC(=O)CC2CCc3ccccc3C2)CCC1. The van der Waals surface area contributed by atoms with E-state index in [1.165, 1.54) is 11.1 Å². The third-order valence-electron chi connectivity index (χ3n) is 5.13. The highest BCUT2D eigenvalue weighted by Gasteiger charge is 2.40. The first-order valence-corrected chi connectivity index (χ1v) is 8.16. The molecule has 0 saturated heterocycles. The molecule has 1 aromatic carbocycles. The highest BCUT2D eigenvalue weighted by Crippen LogP contribution is 2.35. The predicted molar refractivity (Wildman–Crippen MR) is 83.6 cm³/mol. The van der Waals surface area contributed by atoms with Crippen molar-refractivity contribution in [1.29, 1.82) is 0 Å². The van der Waals surface area contributed by atoms with Crippen molar-refractivity contribution in [3.05, 3.63) is 35.4 Å². The lowest BCUT2D eigenvalue weighted by molar-refractivity contribution is -0.140. The Morgan fingerprint density at radius 2 is 1.95 bits per heavy atom. The lowest BCUT2D eigenvalue weighted by Crippen LogP contribution is -2.55. The zero-order valence-corrected chi connectivity index (χ0v) is 12.8. The Bertz CT molecular complexity index is 577. The van der Waals surface area contributed by atoms with Gasteiger partial charge in [-0.15, -0.1) is 0 Å². The Balaban J connectivity index is 1.55. The van der Waals surface area contributed by atoms with Gasteiger partial charge in [0.1, 0.15) is 0 Å². The summed E-state index contributed by atoms with van der Waals surface area (Å²) in [6.07, 6.45) is 6.17. The molecule has 2 aliphatic rings. The van der Waals surface area contributed by atoms with Crippen LogP contribution in [0.25, 0.3) is 0 Å². The van der Waals surface area contributed by atoms with Gasteiger partial charge in [0.2, 0.25) is 5.91 Å². The van der Waals surface area contributed by atoms with E-state index in [2.05, 4.69) is 29.6 Å². The standard InChI is InChI=1S/C18H23NO3/c20-16(19-18(8-3-9-18)12-17(21)22)11-13-6-7-14-4-1-2-5-15(14)10-13/h1-2,4-5,13H,3,6-12H2,(H,19,20)(H,21,22). The molecule has 1 amide bonds. The monoisotopic (exact) mass is 301 g/mol. The zero-order chi connectivity index (χ0) is 15.6. The Morgan fingerprint density at radius 1 is 1.23 bits per heavy atom. The molecule has 0 spiro atoms. The van der Waals surface area contributed by atoms with E-state index in [1.807, 2.05) is 0 Å². The third-order valence-corrected chi connectivity index (χ3v) is 5.13. The second-order valence-corrected chi connectivity index (χ2v) is 6.83. The van der Waals surface area contributed by atoms with Gasteiger partial charge in [0.25, 0.3) is 0 Å². The molecule has 1 fully saturated rings. The average Bonchev–Trinajstić information content (AvgIpc) is 2.44. The highest BCUT2D eigenvalue weighted by atomic mass is 16.4. The van der Waals surface area contributed by atoms with E-state index in [0.717, 1.165) is 38.5 Å². The minimum absolute atomic E-state index is 0.0188. The molecule has 0 heterocycles. The molecule has 1 saturated carbocycles. The van der Waals surface area contributed by atoms with Gasteiger partial charge >= 0.3 is 5.97 Å². The van der Waals surface area contributed by atoms with Crippen LogP contribution in [-0.4, -0.2) is 22.5 Å². The molecule has 118 valence electrons. The number of carbonyl (C=O) groups is 2. The van der Waals surface area contributed by atoms with Gasteiger partial charge in [0, 0.05) is 6.42 Å². The van der Waals surface area contributed by atoms with Crippen molar-refractivity contribution >= 4 is 11.9 Å². The number of aryl methyl sites for hydroxylation is 1. The minimum Gasteiger partial charge on any atom is -0.481 e. The molecule has 4 nitrogen and oxygen atoms in total. The molecular weight excluding hydrogens is 278 g/mol. The number of aliphatic carboxylic acids is 1. The van der Waals surface area contributed by atoms with Gasteiger partial charge in [-0.2, -0.15) is 0 Å². The van der Waals surface area contributed by atoms with Gasteiger partial charge in [0.05, 0.1) is 12.0 Å². The number of hydrogen-bond acceptors (Lipinski definition) is 2. The number of carboxylic acid groups (broad SMARTS) is 1. The van der Waals surface area contributed by atoms with Crippen LogP contribution in [0, 0.1) is 5.92 Å². The van der Waals surface area contributed by atoms with E-state index in [-0.39, 0.29) is 12.3 Å². The number of carboxylic acids is 1. The molecule has 2 aliphatic carbocycles. The van der Waals surface area contributed by atoms with Crippen LogP contribution >= 0.6 is 0 Å². The number of benzene rings is 1. The van der Waals surface area contributed by atoms with Gasteiger partial charge in [-0.1, -0.05) is 24.3 Å². The second kappa shape index (κ2) is 6.11. The van der Waals surface area contributed by atoms with Crippen molar-refractivity contribution in [2.24, 2.45) is 5.92 Å². The molecule has 0 radical (unpaired) electrons. The lowest BCUT2D eigenvalue weighted by Gasteiger charge is -2.41. The van der Waals surface area contributed by atoms with Gasteiger partial charge in [-0.25, -0.2) is 0 Å². The maximum Gasteiger partial charge on any atom is 0.305 e. The maximum atomic E-state index is 12.3. The normalized spacial score (nSPS) is 22.3. The summed E-state index contributed by atoms with van der Waals surface area (Å²) in [7, 11) is 0. The van der Waals surface area contributed by atoms with Crippen LogP contribution in [0.15, 0.2) is 24.3 Å². The van der Waals surface area contributed by atoms with Crippen molar-refractivity contribution in [2.45, 2.75) is 56.9 Å². The summed E-state index contributed by atoms with van der Waals surface area (Å²) in [5.41, 5.74) is 2.28. The van der Waals surface area contributed by atoms with Gasteiger partial charge < -0.3 is 10.4 Å². The summed E-state index contributed by atoms with van der Waals surface area (Å²) in [6, 6.07) is 8.44. The summed E-state index contributed by atoms with van der Waals surface area (Å²) in [5, 5.41) is 12.0. The number of fused-ring (bicyclic) bond motifs is 1. The molecule has 0 bridgehead atoms. The first kappa shape index (κ1) is 15.1. The first-order chi connectivity index (χ1) is 10.6. The van der Waals surface area contributed by atoms with Crippen LogP contribution in [0.1, 0.15) is 49.7 Å². The van der Waals surface area contributed by atoms with Gasteiger partial charge in [0.15, 0.2) is 0 Å². The van der Waals surface area contributed by atoms with E-state index in [1.54, 1.807) is 0 Å². The maximum absolute atomic E-state index is 12.3. The molecule has 4 heteroatoms. The summed E-state index contributed by atoms with van der Waals surface area (Å²) in [4.78, 5) is 23.3. The summed E-state index contributed by atoms with van der Waals surface area (Å²) >= 11 is 0. The summed E-state index contributed by atoms with van der Waals surface area (Å²) in [6.45, 7) is 0. The quantitative estimate of drug-likeness (QED) is 0.878. The summed E-state index contributed by atoms with van der Waals surface area (Å²) < 4.78 is 0. The third kappa shape index (κ3) is 3.32. The van der Waals surface area contributed by atoms with E-state index in [0.29, 0.717) is 12.3 Å². The van der Waals surface area contributed by atoms with Crippen LogP contribution in [-0.2, 0) is 22.4 Å². The number of hydrogen-bond donors (Lipinski definition) is 2. The lowest BCUT2D eigenvalue weighted by atomic mass is 9.74. The van der Waals surface area contributed by atoms with Crippen molar-refractivity contribution in [1.82, 2.24) is 5.32 Å². The van der Waals surface area contributed by atoms with Gasteiger partial charge in [-0.3, -0.25) is 9.59 Å². The summed E-state index contributed by atoms with van der Waals surface area (Å²) in [5.74, 6) is -0.436. The fraction of sp³-hybridized carbons (Fsp3) is 0.556. The Labute approximate surface area is 130 Å². The van der Waals surface area contributed by atoms with Crippen LogP contribution in [0.3, 0.4) is 0 Å². The largest absolute Gasteiger partial charge is 0.481 e. The first-order valence-electron chi connectivity index (χ1n) is 8.16. The fourth-order valence-corrected chi connectivity index (χ4v) is 3.80. The molecular formula is C18H23NO3. The van der Waals surface area contributed by atoms with Crippen LogP contribution in [0.5, 0.6) is 0 Å². The smallest absolute Gasteiger partial charge is 0.305 e. The van der Waals surface area contributed by atoms with Crippen LogP contribution in [0.4, 0.5) is 0 Å². The fourth-order valence-electron chi connectivity index (χ4n) is 3.80. The van der Waals surface area contributed by atoms with Crippen molar-refractivity contribution in [3.63, 3.8) is 0 Å². The van der Waals surface area contributed by atoms with Crippen LogP contribution in [0.2, 0.25) is 0 Å². The average molecular weight is 301 g/mol. The number of rotatable bonds is 5. The Kier molecular flexibility index (Phi) is 4.19. The molecule has 1 unspecified atom stereocenters. The molecule has 0 aromatic heterocycles. The number of carbonyl (C=O) groups excluding carboxylic acids is 1. The predicted octanol–water partition coefficient (Wildman–Crippen LogP) is 2.70. The van der Waals surface area contributed by atoms with E-state index in [4.69, 9.17) is 5.11 Å². The molecule has 1 atom stereocenters.